The molecule has 0 spiro atoms. The number of halogens is 1. The molecule has 0 fully saturated rings. The highest BCUT2D eigenvalue weighted by Gasteiger charge is 2.01. The van der Waals surface area contributed by atoms with Crippen molar-refractivity contribution in [1.82, 2.24) is 15.3 Å². The van der Waals surface area contributed by atoms with Gasteiger partial charge >= 0.3 is 0 Å². The van der Waals surface area contributed by atoms with Crippen LogP contribution in [0.1, 0.15) is 10.7 Å². The summed E-state index contributed by atoms with van der Waals surface area (Å²) in [6, 6.07) is 6.05. The first-order valence-electron chi connectivity index (χ1n) is 5.72. The van der Waals surface area contributed by atoms with Gasteiger partial charge in [0.2, 0.25) is 0 Å². The average Bonchev–Trinajstić information content (AvgIpc) is 2.80. The fourth-order valence-corrected chi connectivity index (χ4v) is 2.90. The minimum absolute atomic E-state index is 0.790. The Labute approximate surface area is 119 Å². The van der Waals surface area contributed by atoms with Crippen LogP contribution in [-0.4, -0.2) is 23.6 Å². The maximum Gasteiger partial charge on any atom is 0.131 e. The van der Waals surface area contributed by atoms with Crippen molar-refractivity contribution in [2.24, 2.45) is 0 Å². The van der Waals surface area contributed by atoms with Crippen LogP contribution in [0.25, 0.3) is 0 Å². The number of nitrogens with zero attached hydrogens (tertiary/aromatic N) is 2. The van der Waals surface area contributed by atoms with Crippen molar-refractivity contribution in [3.63, 3.8) is 0 Å². The minimum Gasteiger partial charge on any atom is -0.365 e. The average molecular weight is 327 g/mol. The first kappa shape index (κ1) is 13.5. The normalized spacial score (nSPS) is 10.6. The molecule has 2 rings (SSSR count). The van der Waals surface area contributed by atoms with Gasteiger partial charge in [0.05, 0.1) is 10.3 Å². The van der Waals surface area contributed by atoms with Crippen molar-refractivity contribution < 1.29 is 0 Å². The Morgan fingerprint density at radius 1 is 1.33 bits per heavy atom. The molecule has 18 heavy (non-hydrogen) atoms. The van der Waals surface area contributed by atoms with Crippen molar-refractivity contribution in [1.29, 1.82) is 0 Å². The Morgan fingerprint density at radius 3 is 2.94 bits per heavy atom. The third-order valence-electron chi connectivity index (χ3n) is 2.38. The molecule has 4 nitrogen and oxygen atoms in total. The van der Waals surface area contributed by atoms with Gasteiger partial charge in [0, 0.05) is 24.0 Å². The SMILES string of the molecule is CNCCc1nccc(NCc2ccc(Br)s2)n1. The summed E-state index contributed by atoms with van der Waals surface area (Å²) in [5.74, 6) is 1.74. The summed E-state index contributed by atoms with van der Waals surface area (Å²) < 4.78 is 1.15. The highest BCUT2D eigenvalue weighted by atomic mass is 79.9. The van der Waals surface area contributed by atoms with Crippen LogP contribution in [0.4, 0.5) is 5.82 Å². The van der Waals surface area contributed by atoms with Gasteiger partial charge in [-0.15, -0.1) is 11.3 Å². The molecule has 0 aliphatic carbocycles. The van der Waals surface area contributed by atoms with Crippen molar-refractivity contribution in [3.05, 3.63) is 38.9 Å². The highest BCUT2D eigenvalue weighted by molar-refractivity contribution is 9.11. The first-order valence-corrected chi connectivity index (χ1v) is 7.33. The van der Waals surface area contributed by atoms with Crippen LogP contribution >= 0.6 is 27.3 Å². The summed E-state index contributed by atoms with van der Waals surface area (Å²) >= 11 is 5.18. The molecule has 0 saturated heterocycles. The third kappa shape index (κ3) is 4.04. The zero-order chi connectivity index (χ0) is 12.8. The minimum atomic E-state index is 0.790. The summed E-state index contributed by atoms with van der Waals surface area (Å²) in [6.45, 7) is 1.68. The van der Waals surface area contributed by atoms with Crippen LogP contribution in [0.3, 0.4) is 0 Å². The zero-order valence-electron chi connectivity index (χ0n) is 10.1. The number of nitrogens with one attached hydrogen (secondary N) is 2. The van der Waals surface area contributed by atoms with Gasteiger partial charge in [-0.05, 0) is 41.2 Å². The Kier molecular flexibility index (Phi) is 5.10. The third-order valence-corrected chi connectivity index (χ3v) is 4.00. The fourth-order valence-electron chi connectivity index (χ4n) is 1.48. The van der Waals surface area contributed by atoms with E-state index in [1.807, 2.05) is 13.1 Å². The predicted octanol–water partition coefficient (Wildman–Crippen LogP) is 2.67. The summed E-state index contributed by atoms with van der Waals surface area (Å²) in [7, 11) is 1.93. The van der Waals surface area contributed by atoms with Crippen molar-refractivity contribution in [2.45, 2.75) is 13.0 Å². The molecule has 0 unspecified atom stereocenters. The van der Waals surface area contributed by atoms with Crippen LogP contribution in [0, 0.1) is 0 Å². The van der Waals surface area contributed by atoms with Crippen molar-refractivity contribution in [2.75, 3.05) is 18.9 Å². The molecular formula is C12H15BrN4S. The topological polar surface area (TPSA) is 49.8 Å². The molecule has 0 aliphatic rings. The zero-order valence-corrected chi connectivity index (χ0v) is 12.5. The molecule has 2 N–H and O–H groups in total. The van der Waals surface area contributed by atoms with E-state index in [0.29, 0.717) is 0 Å². The highest BCUT2D eigenvalue weighted by Crippen LogP contribution is 2.22. The van der Waals surface area contributed by atoms with Crippen LogP contribution in [-0.2, 0) is 13.0 Å². The molecule has 0 radical (unpaired) electrons. The molecule has 0 aliphatic heterocycles. The van der Waals surface area contributed by atoms with E-state index in [4.69, 9.17) is 0 Å². The van der Waals surface area contributed by atoms with E-state index in [1.165, 1.54) is 4.88 Å². The lowest BCUT2D eigenvalue weighted by Crippen LogP contribution is -2.12. The molecule has 2 aromatic heterocycles. The van der Waals surface area contributed by atoms with E-state index < -0.39 is 0 Å². The number of hydrogen-bond donors (Lipinski definition) is 2. The molecule has 96 valence electrons. The Balaban J connectivity index is 1.92. The number of aromatic nitrogens is 2. The Hall–Kier alpha value is -0.980. The number of likely N-dealkylation sites (N-methyl/N-ethyl adjacent to an activating group) is 1. The van der Waals surface area contributed by atoms with Crippen LogP contribution < -0.4 is 10.6 Å². The Morgan fingerprint density at radius 2 is 2.22 bits per heavy atom. The first-order chi connectivity index (χ1) is 8.78. The standard InChI is InChI=1S/C12H15BrN4S/c1-14-6-4-11-15-7-5-12(17-11)16-8-9-2-3-10(13)18-9/h2-3,5,7,14H,4,6,8H2,1H3,(H,15,16,17). The van der Waals surface area contributed by atoms with Crippen molar-refractivity contribution in [3.8, 4) is 0 Å². The smallest absolute Gasteiger partial charge is 0.131 e. The fraction of sp³-hybridized carbons (Fsp3) is 0.333. The van der Waals surface area contributed by atoms with Gasteiger partial charge in [0.15, 0.2) is 0 Å². The van der Waals surface area contributed by atoms with Gasteiger partial charge in [-0.1, -0.05) is 0 Å². The lowest BCUT2D eigenvalue weighted by atomic mass is 10.4. The molecule has 6 heteroatoms. The summed E-state index contributed by atoms with van der Waals surface area (Å²) in [4.78, 5) is 9.98. The summed E-state index contributed by atoms with van der Waals surface area (Å²) in [5.41, 5.74) is 0. The largest absolute Gasteiger partial charge is 0.365 e. The van der Waals surface area contributed by atoms with Crippen molar-refractivity contribution >= 4 is 33.1 Å². The molecule has 2 aromatic rings. The van der Waals surface area contributed by atoms with Gasteiger partial charge in [-0.2, -0.15) is 0 Å². The molecule has 0 saturated carbocycles. The molecule has 0 amide bonds. The second-order valence-electron chi connectivity index (χ2n) is 3.77. The van der Waals surface area contributed by atoms with Gasteiger partial charge in [-0.3, -0.25) is 0 Å². The van der Waals surface area contributed by atoms with E-state index in [9.17, 15) is 0 Å². The van der Waals surface area contributed by atoms with Crippen LogP contribution in [0.5, 0.6) is 0 Å². The molecule has 0 atom stereocenters. The summed E-state index contributed by atoms with van der Waals surface area (Å²) in [5, 5.41) is 6.40. The number of thiophene rings is 1. The quantitative estimate of drug-likeness (QED) is 0.856. The lowest BCUT2D eigenvalue weighted by molar-refractivity contribution is 0.755. The number of hydrogen-bond acceptors (Lipinski definition) is 5. The van der Waals surface area contributed by atoms with Gasteiger partial charge in [-0.25, -0.2) is 9.97 Å². The predicted molar refractivity (Wildman–Crippen MR) is 79.0 cm³/mol. The maximum atomic E-state index is 4.46. The van der Waals surface area contributed by atoms with Crippen LogP contribution in [0.2, 0.25) is 0 Å². The second kappa shape index (κ2) is 6.82. The van der Waals surface area contributed by atoms with E-state index in [1.54, 1.807) is 17.5 Å². The Bertz CT molecular complexity index is 500. The molecular weight excluding hydrogens is 312 g/mol. The maximum absolute atomic E-state index is 4.46. The van der Waals surface area contributed by atoms with E-state index >= 15 is 0 Å². The number of rotatable bonds is 6. The second-order valence-corrected chi connectivity index (χ2v) is 6.32. The van der Waals surface area contributed by atoms with Crippen LogP contribution in [0.15, 0.2) is 28.2 Å². The molecule has 0 bridgehead atoms. The van der Waals surface area contributed by atoms with E-state index in [2.05, 4.69) is 48.7 Å². The number of anilines is 1. The lowest BCUT2D eigenvalue weighted by Gasteiger charge is -2.05. The monoisotopic (exact) mass is 326 g/mol. The molecule has 0 aromatic carbocycles. The summed E-state index contributed by atoms with van der Waals surface area (Å²) in [6.07, 6.45) is 2.64. The van der Waals surface area contributed by atoms with Gasteiger partial charge in [0.1, 0.15) is 11.6 Å². The molecule has 2 heterocycles. The van der Waals surface area contributed by atoms with E-state index in [-0.39, 0.29) is 0 Å². The van der Waals surface area contributed by atoms with Gasteiger partial charge in [0.25, 0.3) is 0 Å². The van der Waals surface area contributed by atoms with E-state index in [0.717, 1.165) is 34.9 Å². The van der Waals surface area contributed by atoms with Gasteiger partial charge < -0.3 is 10.6 Å².